The number of hydrogen-bond acceptors (Lipinski definition) is 4. The van der Waals surface area contributed by atoms with Crippen molar-refractivity contribution in [2.24, 2.45) is 0 Å². The standard InChI is InChI=1S/C17H22N4O4S/c22-17(20-26(24,25)15-8-3-9-18-21(15)23)19-16-13-6-1-4-11(13)10-12-5-2-7-14(12)16/h10,15H,1-9H2,(H2-,18,19,20,22,23)/p+1. The Labute approximate surface area is 152 Å². The molecule has 0 radical (unpaired) electrons. The first-order valence-electron chi connectivity index (χ1n) is 9.15. The van der Waals surface area contributed by atoms with Crippen LogP contribution in [0.1, 0.15) is 47.9 Å². The Hall–Kier alpha value is -2.16. The molecule has 1 aromatic rings. The molecule has 3 N–H and O–H groups in total. The Bertz CT molecular complexity index is 849. The van der Waals surface area contributed by atoms with Crippen LogP contribution in [0.4, 0.5) is 10.5 Å². The number of nitroso groups, excluding NO2 is 1. The number of nitrogens with one attached hydrogen (secondary N) is 3. The van der Waals surface area contributed by atoms with Crippen molar-refractivity contribution in [2.75, 3.05) is 11.9 Å². The van der Waals surface area contributed by atoms with E-state index >= 15 is 0 Å². The van der Waals surface area contributed by atoms with E-state index in [1.807, 2.05) is 4.72 Å². The molecule has 3 aliphatic rings. The van der Waals surface area contributed by atoms with Crippen molar-refractivity contribution in [3.8, 4) is 0 Å². The largest absolute Gasteiger partial charge is 0.349 e. The molecule has 1 fully saturated rings. The first-order valence-corrected chi connectivity index (χ1v) is 10.7. The minimum absolute atomic E-state index is 0.190. The second-order valence-electron chi connectivity index (χ2n) is 7.17. The average molecular weight is 379 g/mol. The first-order chi connectivity index (χ1) is 12.5. The first kappa shape index (κ1) is 17.3. The number of sulfonamides is 1. The van der Waals surface area contributed by atoms with Crippen molar-refractivity contribution in [2.45, 2.75) is 56.7 Å². The number of urea groups is 1. The highest BCUT2D eigenvalue weighted by atomic mass is 32.2. The molecule has 0 bridgehead atoms. The van der Waals surface area contributed by atoms with Crippen molar-refractivity contribution in [1.82, 2.24) is 10.1 Å². The highest BCUT2D eigenvalue weighted by Gasteiger charge is 2.43. The molecule has 0 saturated carbocycles. The third kappa shape index (κ3) is 3.04. The molecular weight excluding hydrogens is 356 g/mol. The molecule has 8 nitrogen and oxygen atoms in total. The van der Waals surface area contributed by atoms with Crippen molar-refractivity contribution < 1.29 is 18.1 Å². The molecule has 0 spiro atoms. The van der Waals surface area contributed by atoms with E-state index in [0.717, 1.165) is 55.3 Å². The molecule has 1 aromatic carbocycles. The molecule has 2 aliphatic carbocycles. The van der Waals surface area contributed by atoms with Gasteiger partial charge in [-0.25, -0.2) is 9.52 Å². The SMILES string of the molecule is O=C(Nc1c2c(cc3c1CCC3)CCC2)NS(=O)(=O)C1CCCN[N+]1=O. The van der Waals surface area contributed by atoms with Crippen molar-refractivity contribution in [3.63, 3.8) is 0 Å². The Morgan fingerprint density at radius 3 is 2.35 bits per heavy atom. The number of carbonyl (C=O) groups excluding carboxylic acids is 1. The van der Waals surface area contributed by atoms with E-state index in [9.17, 15) is 18.1 Å². The summed E-state index contributed by atoms with van der Waals surface area (Å²) >= 11 is 0. The monoisotopic (exact) mass is 379 g/mol. The van der Waals surface area contributed by atoms with Gasteiger partial charge in [-0.2, -0.15) is 13.8 Å². The number of amides is 2. The van der Waals surface area contributed by atoms with Crippen LogP contribution in [0.15, 0.2) is 6.07 Å². The Balaban J connectivity index is 1.55. The second kappa shape index (κ2) is 6.53. The maximum atomic E-state index is 12.4. The van der Waals surface area contributed by atoms with Gasteiger partial charge in [0, 0.05) is 12.1 Å². The zero-order chi connectivity index (χ0) is 18.3. The second-order valence-corrected chi connectivity index (χ2v) is 9.00. The van der Waals surface area contributed by atoms with Gasteiger partial charge in [0.05, 0.1) is 11.5 Å². The third-order valence-corrected chi connectivity index (χ3v) is 7.08. The summed E-state index contributed by atoms with van der Waals surface area (Å²) in [5.74, 6) is 0. The van der Waals surface area contributed by atoms with Gasteiger partial charge in [0.25, 0.3) is 0 Å². The number of fused-ring (bicyclic) bond motifs is 2. The van der Waals surface area contributed by atoms with Crippen molar-refractivity contribution in [1.29, 1.82) is 0 Å². The molecule has 0 aromatic heterocycles. The number of anilines is 1. The Kier molecular flexibility index (Phi) is 4.34. The molecule has 26 heavy (non-hydrogen) atoms. The lowest BCUT2D eigenvalue weighted by Crippen LogP contribution is -2.51. The number of benzene rings is 1. The van der Waals surface area contributed by atoms with Crippen LogP contribution >= 0.6 is 0 Å². The summed E-state index contributed by atoms with van der Waals surface area (Å²) in [6.07, 6.45) is 6.63. The molecule has 2 amide bonds. The van der Waals surface area contributed by atoms with E-state index in [-0.39, 0.29) is 6.42 Å². The topological polar surface area (TPSA) is 107 Å². The molecule has 140 valence electrons. The predicted octanol–water partition coefficient (Wildman–Crippen LogP) is 1.52. The lowest BCUT2D eigenvalue weighted by Gasteiger charge is -2.18. The van der Waals surface area contributed by atoms with Crippen LogP contribution in [0.5, 0.6) is 0 Å². The number of nitrogens with zero attached hydrogens (tertiary/aromatic N) is 1. The van der Waals surface area contributed by atoms with Crippen molar-refractivity contribution >= 4 is 21.7 Å². The van der Waals surface area contributed by atoms with Crippen LogP contribution < -0.4 is 15.5 Å². The number of hydrogen-bond donors (Lipinski definition) is 3. The molecule has 1 unspecified atom stereocenters. The summed E-state index contributed by atoms with van der Waals surface area (Å²) in [4.78, 5) is 24.5. The summed E-state index contributed by atoms with van der Waals surface area (Å²) in [6, 6.07) is 1.45. The highest BCUT2D eigenvalue weighted by molar-refractivity contribution is 7.90. The van der Waals surface area contributed by atoms with E-state index in [1.54, 1.807) is 0 Å². The molecule has 1 atom stereocenters. The normalized spacial score (nSPS) is 21.7. The minimum Gasteiger partial charge on any atom is -0.307 e. The fraction of sp³-hybridized carbons (Fsp3) is 0.588. The van der Waals surface area contributed by atoms with Gasteiger partial charge in [-0.15, -0.1) is 0 Å². The zero-order valence-corrected chi connectivity index (χ0v) is 15.3. The number of aryl methyl sites for hydroxylation is 2. The molecule has 1 heterocycles. The van der Waals surface area contributed by atoms with Gasteiger partial charge in [-0.3, -0.25) is 0 Å². The zero-order valence-electron chi connectivity index (χ0n) is 14.5. The summed E-state index contributed by atoms with van der Waals surface area (Å²) in [5.41, 5.74) is 8.00. The van der Waals surface area contributed by atoms with Crippen LogP contribution in [-0.2, 0) is 35.7 Å². The van der Waals surface area contributed by atoms with Crippen LogP contribution in [0, 0.1) is 4.91 Å². The molecule has 1 aliphatic heterocycles. The number of hydrazine groups is 1. The van der Waals surface area contributed by atoms with E-state index in [4.69, 9.17) is 0 Å². The molecule has 9 heteroatoms. The van der Waals surface area contributed by atoms with Gasteiger partial charge < -0.3 is 5.32 Å². The fourth-order valence-electron chi connectivity index (χ4n) is 4.27. The fourth-order valence-corrected chi connectivity index (χ4v) is 5.52. The van der Waals surface area contributed by atoms with Crippen LogP contribution in [0.25, 0.3) is 0 Å². The predicted molar refractivity (Wildman–Crippen MR) is 96.2 cm³/mol. The van der Waals surface area contributed by atoms with Crippen LogP contribution in [0.3, 0.4) is 0 Å². The van der Waals surface area contributed by atoms with Gasteiger partial charge in [0.2, 0.25) is 0 Å². The summed E-state index contributed by atoms with van der Waals surface area (Å²) in [6.45, 7) is 0.435. The van der Waals surface area contributed by atoms with Gasteiger partial charge in [-0.1, -0.05) is 6.07 Å². The lowest BCUT2D eigenvalue weighted by atomic mass is 9.99. The quantitative estimate of drug-likeness (QED) is 0.690. The Morgan fingerprint density at radius 1 is 1.08 bits per heavy atom. The smallest absolute Gasteiger partial charge is 0.307 e. The maximum Gasteiger partial charge on any atom is 0.349 e. The van der Waals surface area contributed by atoms with Gasteiger partial charge >= 0.3 is 21.4 Å². The highest BCUT2D eigenvalue weighted by Crippen LogP contribution is 2.38. The number of carbonyl (C=O) groups is 1. The molecule has 1 saturated heterocycles. The average Bonchev–Trinajstić information content (AvgIpc) is 3.23. The number of rotatable bonds is 3. The van der Waals surface area contributed by atoms with Gasteiger partial charge in [0.15, 0.2) is 0 Å². The lowest BCUT2D eigenvalue weighted by molar-refractivity contribution is -0.629. The van der Waals surface area contributed by atoms with E-state index < -0.39 is 21.4 Å². The third-order valence-electron chi connectivity index (χ3n) is 5.46. The van der Waals surface area contributed by atoms with E-state index in [2.05, 4.69) is 16.8 Å². The Morgan fingerprint density at radius 2 is 1.73 bits per heavy atom. The van der Waals surface area contributed by atoms with Crippen LogP contribution in [-0.4, -0.2) is 31.2 Å². The van der Waals surface area contributed by atoms with Gasteiger partial charge in [0.1, 0.15) is 4.87 Å². The minimum atomic E-state index is -4.09. The van der Waals surface area contributed by atoms with Crippen LogP contribution in [0.2, 0.25) is 0 Å². The van der Waals surface area contributed by atoms with E-state index in [1.165, 1.54) is 11.1 Å². The maximum absolute atomic E-state index is 12.4. The summed E-state index contributed by atoms with van der Waals surface area (Å²) < 4.78 is 26.8. The molecule has 4 rings (SSSR count). The molecular formula is C17H23N4O4S+. The van der Waals surface area contributed by atoms with Gasteiger partial charge in [-0.05, 0) is 67.2 Å². The van der Waals surface area contributed by atoms with E-state index in [0.29, 0.717) is 17.8 Å². The summed E-state index contributed by atoms with van der Waals surface area (Å²) in [7, 11) is -4.09. The van der Waals surface area contributed by atoms with Crippen molar-refractivity contribution in [3.05, 3.63) is 33.2 Å². The summed E-state index contributed by atoms with van der Waals surface area (Å²) in [5, 5.41) is 1.49.